The Morgan fingerprint density at radius 3 is 1.89 bits per heavy atom. The summed E-state index contributed by atoms with van der Waals surface area (Å²) in [5, 5.41) is 0. The van der Waals surface area contributed by atoms with Gasteiger partial charge in [0.2, 0.25) is 5.91 Å². The molecule has 1 heterocycles. The fraction of sp³-hybridized carbons (Fsp3) is 0.381. The van der Waals surface area contributed by atoms with Gasteiger partial charge in [0, 0.05) is 11.3 Å². The van der Waals surface area contributed by atoms with Gasteiger partial charge < -0.3 is 15.2 Å². The van der Waals surface area contributed by atoms with Crippen LogP contribution in [0.5, 0.6) is 0 Å². The Hall–Kier alpha value is -3.09. The molecule has 148 valence electrons. The molecule has 1 amide bonds. The minimum Gasteiger partial charge on any atom is -0.464 e. The summed E-state index contributed by atoms with van der Waals surface area (Å²) in [6.07, 6.45) is 0.365. The van der Waals surface area contributed by atoms with Crippen LogP contribution >= 0.6 is 0 Å². The summed E-state index contributed by atoms with van der Waals surface area (Å²) in [5.41, 5.74) is 5.97. The number of rotatable bonds is 4. The number of nitrogens with two attached hydrogens (primary N) is 1. The monoisotopic (exact) mass is 384 g/mol. The zero-order chi connectivity index (χ0) is 20.9. The van der Waals surface area contributed by atoms with Crippen LogP contribution in [0.3, 0.4) is 0 Å². The standard InChI is InChI=1S/C21H24N2O5/c1-20(2)11-21(3,19(22)26)14-13(20)15(17(24)27-4)23(16(14)18(25)28-5)12-9-7-6-8-10-12/h6-10H,11H2,1-5H3,(H2,22,26). The van der Waals surface area contributed by atoms with Gasteiger partial charge in [-0.1, -0.05) is 32.0 Å². The molecular formula is C21H24N2O5. The molecule has 0 bridgehead atoms. The van der Waals surface area contributed by atoms with Crippen LogP contribution in [0.1, 0.15) is 59.3 Å². The van der Waals surface area contributed by atoms with Gasteiger partial charge in [-0.25, -0.2) is 9.59 Å². The van der Waals surface area contributed by atoms with Gasteiger partial charge in [-0.15, -0.1) is 0 Å². The predicted molar refractivity (Wildman–Crippen MR) is 103 cm³/mol. The van der Waals surface area contributed by atoms with Gasteiger partial charge in [-0.2, -0.15) is 0 Å². The van der Waals surface area contributed by atoms with E-state index in [2.05, 4.69) is 0 Å². The van der Waals surface area contributed by atoms with E-state index in [1.807, 2.05) is 19.9 Å². The second-order valence-corrected chi connectivity index (χ2v) is 7.86. The number of fused-ring (bicyclic) bond motifs is 1. The third-order valence-electron chi connectivity index (χ3n) is 5.51. The van der Waals surface area contributed by atoms with Crippen molar-refractivity contribution >= 4 is 17.8 Å². The number of amides is 1. The SMILES string of the molecule is COC(=O)c1c2c(c(C(=O)OC)n1-c1ccccc1)C(C)(C(N)=O)CC2(C)C. The topological polar surface area (TPSA) is 101 Å². The van der Waals surface area contributed by atoms with Gasteiger partial charge in [-0.3, -0.25) is 9.36 Å². The minimum absolute atomic E-state index is 0.121. The second kappa shape index (κ2) is 6.51. The number of hydrogen-bond acceptors (Lipinski definition) is 5. The molecule has 1 aromatic carbocycles. The van der Waals surface area contributed by atoms with E-state index in [4.69, 9.17) is 15.2 Å². The summed E-state index contributed by atoms with van der Waals surface area (Å²) in [5.74, 6) is -1.82. The molecule has 7 heteroatoms. The Bertz CT molecular complexity index is 974. The molecule has 0 radical (unpaired) electrons. The van der Waals surface area contributed by atoms with E-state index in [0.29, 0.717) is 23.2 Å². The maximum atomic E-state index is 12.9. The molecule has 0 saturated heterocycles. The van der Waals surface area contributed by atoms with Gasteiger partial charge >= 0.3 is 11.9 Å². The van der Waals surface area contributed by atoms with Crippen LogP contribution < -0.4 is 5.73 Å². The van der Waals surface area contributed by atoms with Crippen molar-refractivity contribution in [2.45, 2.75) is 38.0 Å². The van der Waals surface area contributed by atoms with Gasteiger partial charge in [0.1, 0.15) is 11.4 Å². The number of benzene rings is 1. The van der Waals surface area contributed by atoms with Gasteiger partial charge in [0.05, 0.1) is 19.6 Å². The molecule has 1 atom stereocenters. The van der Waals surface area contributed by atoms with E-state index < -0.39 is 28.7 Å². The number of carbonyl (C=O) groups excluding carboxylic acids is 3. The summed E-state index contributed by atoms with van der Waals surface area (Å²) in [4.78, 5) is 38.2. The molecule has 0 spiro atoms. The molecule has 28 heavy (non-hydrogen) atoms. The van der Waals surface area contributed by atoms with E-state index in [-0.39, 0.29) is 11.4 Å². The number of esters is 2. The van der Waals surface area contributed by atoms with Crippen LogP contribution in [0, 0.1) is 0 Å². The van der Waals surface area contributed by atoms with E-state index in [9.17, 15) is 14.4 Å². The van der Waals surface area contributed by atoms with Crippen LogP contribution in [-0.2, 0) is 25.1 Å². The molecule has 0 saturated carbocycles. The molecule has 1 aromatic heterocycles. The first kappa shape index (κ1) is 19.7. The smallest absolute Gasteiger partial charge is 0.355 e. The van der Waals surface area contributed by atoms with Crippen molar-refractivity contribution in [1.82, 2.24) is 4.57 Å². The van der Waals surface area contributed by atoms with Crippen molar-refractivity contribution in [3.05, 3.63) is 52.8 Å². The normalized spacial score (nSPS) is 19.8. The fourth-order valence-electron chi connectivity index (χ4n) is 4.45. The number of carbonyl (C=O) groups is 3. The average Bonchev–Trinajstić information content (AvgIpc) is 3.13. The van der Waals surface area contributed by atoms with Crippen molar-refractivity contribution in [3.8, 4) is 5.69 Å². The first-order valence-corrected chi connectivity index (χ1v) is 8.91. The number of hydrogen-bond donors (Lipinski definition) is 1. The highest BCUT2D eigenvalue weighted by molar-refractivity contribution is 6.02. The van der Waals surface area contributed by atoms with E-state index in [0.717, 1.165) is 0 Å². The van der Waals surface area contributed by atoms with Gasteiger partial charge in [-0.05, 0) is 36.5 Å². The maximum absolute atomic E-state index is 12.9. The maximum Gasteiger partial charge on any atom is 0.355 e. The van der Waals surface area contributed by atoms with Crippen LogP contribution in [0.2, 0.25) is 0 Å². The van der Waals surface area contributed by atoms with E-state index >= 15 is 0 Å². The van der Waals surface area contributed by atoms with Crippen molar-refractivity contribution in [3.63, 3.8) is 0 Å². The van der Waals surface area contributed by atoms with Gasteiger partial charge in [0.25, 0.3) is 0 Å². The Kier molecular flexibility index (Phi) is 4.57. The van der Waals surface area contributed by atoms with Crippen molar-refractivity contribution in [2.75, 3.05) is 14.2 Å². The predicted octanol–water partition coefficient (Wildman–Crippen LogP) is 2.47. The Morgan fingerprint density at radius 1 is 0.929 bits per heavy atom. The molecule has 3 rings (SSSR count). The van der Waals surface area contributed by atoms with Crippen LogP contribution in [0.25, 0.3) is 5.69 Å². The molecule has 7 nitrogen and oxygen atoms in total. The Labute approximate surface area is 163 Å². The molecule has 2 N–H and O–H groups in total. The van der Waals surface area contributed by atoms with Crippen LogP contribution in [0.4, 0.5) is 0 Å². The highest BCUT2D eigenvalue weighted by Crippen LogP contribution is 2.54. The molecule has 2 aromatic rings. The first-order chi connectivity index (χ1) is 13.1. The van der Waals surface area contributed by atoms with Crippen molar-refractivity contribution in [1.29, 1.82) is 0 Å². The Morgan fingerprint density at radius 2 is 1.43 bits per heavy atom. The summed E-state index contributed by atoms with van der Waals surface area (Å²) in [7, 11) is 2.54. The number of methoxy groups -OCH3 is 2. The fourth-order valence-corrected chi connectivity index (χ4v) is 4.45. The van der Waals surface area contributed by atoms with E-state index in [1.54, 1.807) is 31.2 Å². The lowest BCUT2D eigenvalue weighted by molar-refractivity contribution is -0.123. The highest BCUT2D eigenvalue weighted by Gasteiger charge is 2.55. The molecule has 1 aliphatic carbocycles. The van der Waals surface area contributed by atoms with Crippen LogP contribution in [-0.4, -0.2) is 36.6 Å². The number of para-hydroxylation sites is 1. The van der Waals surface area contributed by atoms with Crippen LogP contribution in [0.15, 0.2) is 30.3 Å². The second-order valence-electron chi connectivity index (χ2n) is 7.86. The molecule has 1 unspecified atom stereocenters. The quantitative estimate of drug-likeness (QED) is 0.816. The summed E-state index contributed by atoms with van der Waals surface area (Å²) < 4.78 is 11.6. The lowest BCUT2D eigenvalue weighted by atomic mass is 9.78. The number of aromatic nitrogens is 1. The summed E-state index contributed by atoms with van der Waals surface area (Å²) in [6.45, 7) is 5.54. The summed E-state index contributed by atoms with van der Waals surface area (Å²) in [6, 6.07) is 8.95. The average molecular weight is 384 g/mol. The van der Waals surface area contributed by atoms with Gasteiger partial charge in [0.15, 0.2) is 0 Å². The first-order valence-electron chi connectivity index (χ1n) is 8.91. The van der Waals surface area contributed by atoms with E-state index in [1.165, 1.54) is 18.8 Å². The number of primary amides is 1. The van der Waals surface area contributed by atoms with Crippen molar-refractivity contribution < 1.29 is 23.9 Å². The third-order valence-corrected chi connectivity index (χ3v) is 5.51. The largest absolute Gasteiger partial charge is 0.464 e. The molecule has 0 aliphatic heterocycles. The lowest BCUT2D eigenvalue weighted by Gasteiger charge is -2.27. The highest BCUT2D eigenvalue weighted by atomic mass is 16.5. The van der Waals surface area contributed by atoms with Crippen molar-refractivity contribution in [2.24, 2.45) is 5.73 Å². The summed E-state index contributed by atoms with van der Waals surface area (Å²) >= 11 is 0. The number of ether oxygens (including phenoxy) is 2. The Balaban J connectivity index is 2.56. The molecule has 1 aliphatic rings. The molecular weight excluding hydrogens is 360 g/mol. The zero-order valence-corrected chi connectivity index (χ0v) is 16.7. The minimum atomic E-state index is -1.13. The lowest BCUT2D eigenvalue weighted by Crippen LogP contribution is -2.39. The zero-order valence-electron chi connectivity index (χ0n) is 16.7. The number of nitrogens with zero attached hydrogens (tertiary/aromatic N) is 1. The third kappa shape index (κ3) is 2.61. The molecule has 0 fully saturated rings.